The van der Waals surface area contributed by atoms with Gasteiger partial charge >= 0.3 is 0 Å². The fraction of sp³-hybridized carbons (Fsp3) is 0.900. The summed E-state index contributed by atoms with van der Waals surface area (Å²) < 4.78 is 5.28. The van der Waals surface area contributed by atoms with Crippen molar-refractivity contribution in [1.82, 2.24) is 4.90 Å². The maximum Gasteiger partial charge on any atom is 0.239 e. The summed E-state index contributed by atoms with van der Waals surface area (Å²) in [5, 5.41) is 0. The second kappa shape index (κ2) is 5.98. The van der Waals surface area contributed by atoms with Crippen molar-refractivity contribution in [3.8, 4) is 0 Å². The van der Waals surface area contributed by atoms with Crippen LogP contribution in [0.4, 0.5) is 0 Å². The molecular formula is C10H20N2O2. The van der Waals surface area contributed by atoms with Crippen molar-refractivity contribution in [3.63, 3.8) is 0 Å². The van der Waals surface area contributed by atoms with Crippen LogP contribution in [-0.2, 0) is 9.53 Å². The summed E-state index contributed by atoms with van der Waals surface area (Å²) in [4.78, 5) is 13.6. The van der Waals surface area contributed by atoms with Gasteiger partial charge in [0.05, 0.1) is 12.6 Å². The molecule has 0 spiro atoms. The molecule has 1 rings (SSSR count). The largest absolute Gasteiger partial charge is 0.380 e. The van der Waals surface area contributed by atoms with Gasteiger partial charge in [-0.2, -0.15) is 0 Å². The van der Waals surface area contributed by atoms with Gasteiger partial charge in [-0.15, -0.1) is 0 Å². The zero-order valence-corrected chi connectivity index (χ0v) is 8.87. The maximum absolute atomic E-state index is 11.8. The molecule has 4 heteroatoms. The van der Waals surface area contributed by atoms with Crippen LogP contribution in [0.2, 0.25) is 0 Å². The number of nitrogens with zero attached hydrogens (tertiary/aromatic N) is 1. The van der Waals surface area contributed by atoms with Gasteiger partial charge in [0.15, 0.2) is 0 Å². The first-order valence-corrected chi connectivity index (χ1v) is 5.37. The van der Waals surface area contributed by atoms with E-state index in [2.05, 4.69) is 0 Å². The fourth-order valence-electron chi connectivity index (χ4n) is 1.64. The number of rotatable bonds is 3. The Balaban J connectivity index is 2.40. The minimum Gasteiger partial charge on any atom is -0.380 e. The van der Waals surface area contributed by atoms with Crippen LogP contribution in [-0.4, -0.2) is 43.2 Å². The summed E-state index contributed by atoms with van der Waals surface area (Å²) in [6.45, 7) is 4.92. The lowest BCUT2D eigenvalue weighted by atomic mass is 10.1. The van der Waals surface area contributed by atoms with Crippen molar-refractivity contribution in [2.24, 2.45) is 5.73 Å². The molecule has 0 unspecified atom stereocenters. The van der Waals surface area contributed by atoms with Crippen molar-refractivity contribution in [3.05, 3.63) is 0 Å². The molecule has 0 aromatic heterocycles. The van der Waals surface area contributed by atoms with Crippen molar-refractivity contribution < 1.29 is 9.53 Å². The van der Waals surface area contributed by atoms with Crippen molar-refractivity contribution in [1.29, 1.82) is 0 Å². The Morgan fingerprint density at radius 3 is 3.00 bits per heavy atom. The molecule has 1 amide bonds. The number of carbonyl (C=O) groups is 1. The summed E-state index contributed by atoms with van der Waals surface area (Å²) in [6.07, 6.45) is 2.65. The van der Waals surface area contributed by atoms with Gasteiger partial charge in [0.25, 0.3) is 0 Å². The fourth-order valence-corrected chi connectivity index (χ4v) is 1.64. The van der Waals surface area contributed by atoms with Gasteiger partial charge in [0.2, 0.25) is 5.91 Å². The normalized spacial score (nSPS) is 20.3. The van der Waals surface area contributed by atoms with Crippen LogP contribution < -0.4 is 5.73 Å². The van der Waals surface area contributed by atoms with Gasteiger partial charge in [0, 0.05) is 19.7 Å². The van der Waals surface area contributed by atoms with Gasteiger partial charge in [-0.3, -0.25) is 4.79 Å². The van der Waals surface area contributed by atoms with E-state index in [1.54, 1.807) is 0 Å². The molecule has 14 heavy (non-hydrogen) atoms. The molecule has 0 radical (unpaired) electrons. The van der Waals surface area contributed by atoms with Crippen LogP contribution in [0.1, 0.15) is 26.2 Å². The van der Waals surface area contributed by atoms with Crippen LogP contribution in [0.5, 0.6) is 0 Å². The molecule has 0 aliphatic carbocycles. The number of carbonyl (C=O) groups excluding carboxylic acids is 1. The highest BCUT2D eigenvalue weighted by atomic mass is 16.5. The Labute approximate surface area is 85.4 Å². The Morgan fingerprint density at radius 2 is 2.29 bits per heavy atom. The minimum absolute atomic E-state index is 0.0809. The molecule has 4 nitrogen and oxygen atoms in total. The first kappa shape index (κ1) is 11.5. The van der Waals surface area contributed by atoms with Gasteiger partial charge in [-0.25, -0.2) is 0 Å². The molecule has 0 saturated carbocycles. The zero-order valence-electron chi connectivity index (χ0n) is 8.87. The molecule has 1 atom stereocenters. The third-order valence-electron chi connectivity index (χ3n) is 2.45. The number of hydrogen-bond donors (Lipinski definition) is 1. The van der Waals surface area contributed by atoms with E-state index in [-0.39, 0.29) is 11.9 Å². The van der Waals surface area contributed by atoms with Crippen molar-refractivity contribution in [2.45, 2.75) is 32.2 Å². The second-order valence-corrected chi connectivity index (χ2v) is 3.69. The quantitative estimate of drug-likeness (QED) is 0.715. The second-order valence-electron chi connectivity index (χ2n) is 3.69. The van der Waals surface area contributed by atoms with E-state index >= 15 is 0 Å². The third-order valence-corrected chi connectivity index (χ3v) is 2.45. The highest BCUT2D eigenvalue weighted by molar-refractivity contribution is 5.81. The van der Waals surface area contributed by atoms with Crippen LogP contribution in [0, 0.1) is 0 Å². The standard InChI is InChI=1S/C10H20N2O2/c1-2-4-9(11)10(13)12-5-3-7-14-8-6-12/h9H,2-8,11H2,1H3/t9-/m0/s1. The van der Waals surface area contributed by atoms with Gasteiger partial charge in [0.1, 0.15) is 0 Å². The van der Waals surface area contributed by atoms with Crippen LogP contribution >= 0.6 is 0 Å². The highest BCUT2D eigenvalue weighted by Crippen LogP contribution is 2.04. The Morgan fingerprint density at radius 1 is 1.50 bits per heavy atom. The first-order valence-electron chi connectivity index (χ1n) is 5.37. The predicted octanol–water partition coefficient (Wildman–Crippen LogP) is 0.363. The first-order chi connectivity index (χ1) is 6.75. The molecule has 0 bridgehead atoms. The molecule has 0 aromatic rings. The Kier molecular flexibility index (Phi) is 4.90. The molecule has 82 valence electrons. The summed E-state index contributed by atoms with van der Waals surface area (Å²) in [5.74, 6) is 0.0809. The monoisotopic (exact) mass is 200 g/mol. The number of ether oxygens (including phenoxy) is 1. The average molecular weight is 200 g/mol. The molecule has 1 fully saturated rings. The molecule has 1 heterocycles. The molecular weight excluding hydrogens is 180 g/mol. The van der Waals surface area contributed by atoms with Crippen LogP contribution in [0.25, 0.3) is 0 Å². The predicted molar refractivity (Wildman–Crippen MR) is 54.9 cm³/mol. The smallest absolute Gasteiger partial charge is 0.239 e. The highest BCUT2D eigenvalue weighted by Gasteiger charge is 2.20. The third kappa shape index (κ3) is 3.27. The van der Waals surface area contributed by atoms with Crippen LogP contribution in [0.15, 0.2) is 0 Å². The van der Waals surface area contributed by atoms with E-state index in [1.165, 1.54) is 0 Å². The van der Waals surface area contributed by atoms with E-state index in [0.717, 1.165) is 32.4 Å². The van der Waals surface area contributed by atoms with E-state index < -0.39 is 0 Å². The minimum atomic E-state index is -0.321. The van der Waals surface area contributed by atoms with E-state index in [9.17, 15) is 4.79 Å². The molecule has 1 aliphatic rings. The molecule has 1 saturated heterocycles. The topological polar surface area (TPSA) is 55.6 Å². The number of hydrogen-bond acceptors (Lipinski definition) is 3. The number of amides is 1. The number of nitrogens with two attached hydrogens (primary N) is 1. The Bertz CT molecular complexity index is 177. The van der Waals surface area contributed by atoms with E-state index in [0.29, 0.717) is 13.2 Å². The summed E-state index contributed by atoms with van der Waals surface area (Å²) in [7, 11) is 0. The van der Waals surface area contributed by atoms with Gasteiger partial charge in [-0.05, 0) is 12.8 Å². The lowest BCUT2D eigenvalue weighted by Crippen LogP contribution is -2.44. The molecule has 2 N–H and O–H groups in total. The zero-order chi connectivity index (χ0) is 10.4. The maximum atomic E-state index is 11.8. The Hall–Kier alpha value is -0.610. The SMILES string of the molecule is CCC[C@H](N)C(=O)N1CCCOCC1. The van der Waals surface area contributed by atoms with E-state index in [4.69, 9.17) is 10.5 Å². The average Bonchev–Trinajstić information content (AvgIpc) is 2.45. The summed E-state index contributed by atoms with van der Waals surface area (Å²) in [6, 6.07) is -0.321. The van der Waals surface area contributed by atoms with Crippen LogP contribution in [0.3, 0.4) is 0 Å². The molecule has 1 aliphatic heterocycles. The lowest BCUT2D eigenvalue weighted by molar-refractivity contribution is -0.132. The van der Waals surface area contributed by atoms with Gasteiger partial charge < -0.3 is 15.4 Å². The van der Waals surface area contributed by atoms with Gasteiger partial charge in [-0.1, -0.05) is 13.3 Å². The van der Waals surface area contributed by atoms with Crippen molar-refractivity contribution >= 4 is 5.91 Å². The summed E-state index contributed by atoms with van der Waals surface area (Å²) in [5.41, 5.74) is 5.78. The lowest BCUT2D eigenvalue weighted by Gasteiger charge is -2.23. The van der Waals surface area contributed by atoms with E-state index in [1.807, 2.05) is 11.8 Å². The van der Waals surface area contributed by atoms with Crippen molar-refractivity contribution in [2.75, 3.05) is 26.3 Å². The summed E-state index contributed by atoms with van der Waals surface area (Å²) >= 11 is 0. The molecule has 0 aromatic carbocycles.